The fourth-order valence-corrected chi connectivity index (χ4v) is 4.21. The Hall–Kier alpha value is -3.15. The number of nitrogens with one attached hydrogen (secondary N) is 1. The number of anilines is 5. The van der Waals surface area contributed by atoms with Gasteiger partial charge >= 0.3 is 0 Å². The molecule has 28 heavy (non-hydrogen) atoms. The smallest absolute Gasteiger partial charge is 0.252 e. The van der Waals surface area contributed by atoms with Gasteiger partial charge in [0.1, 0.15) is 0 Å². The van der Waals surface area contributed by atoms with Gasteiger partial charge in [-0.05, 0) is 62.1 Å². The van der Waals surface area contributed by atoms with Gasteiger partial charge in [0.25, 0.3) is 5.95 Å². The first-order chi connectivity index (χ1) is 13.8. The molecular formula is C22H24N6. The molecule has 5 rings (SSSR count). The monoisotopic (exact) mass is 372 g/mol. The van der Waals surface area contributed by atoms with E-state index in [2.05, 4.69) is 80.8 Å². The quantitative estimate of drug-likeness (QED) is 0.737. The van der Waals surface area contributed by atoms with Crippen molar-refractivity contribution in [2.75, 3.05) is 28.2 Å². The summed E-state index contributed by atoms with van der Waals surface area (Å²) in [6.45, 7) is 4.50. The van der Waals surface area contributed by atoms with E-state index in [9.17, 15) is 0 Å². The lowest BCUT2D eigenvalue weighted by Crippen LogP contribution is -2.26. The van der Waals surface area contributed by atoms with E-state index < -0.39 is 0 Å². The molecule has 0 spiro atoms. The van der Waals surface area contributed by atoms with Crippen LogP contribution in [0.1, 0.15) is 25.3 Å². The molecule has 1 aromatic heterocycles. The van der Waals surface area contributed by atoms with Crippen LogP contribution in [0.3, 0.4) is 0 Å². The highest BCUT2D eigenvalue weighted by molar-refractivity contribution is 5.68. The van der Waals surface area contributed by atoms with Gasteiger partial charge in [-0.25, -0.2) is 0 Å². The van der Waals surface area contributed by atoms with Gasteiger partial charge < -0.3 is 15.1 Å². The van der Waals surface area contributed by atoms with E-state index in [1.165, 1.54) is 29.8 Å². The van der Waals surface area contributed by atoms with E-state index in [1.807, 2.05) is 0 Å². The molecule has 3 aromatic rings. The maximum absolute atomic E-state index is 4.73. The molecule has 2 aromatic carbocycles. The third-order valence-corrected chi connectivity index (χ3v) is 5.58. The summed E-state index contributed by atoms with van der Waals surface area (Å²) in [7, 11) is 0. The first kappa shape index (κ1) is 17.0. The minimum absolute atomic E-state index is 0.314. The maximum atomic E-state index is 4.73. The van der Waals surface area contributed by atoms with E-state index in [-0.39, 0.29) is 0 Å². The predicted octanol–water partition coefficient (Wildman–Crippen LogP) is 4.30. The third kappa shape index (κ3) is 3.15. The Kier molecular flexibility index (Phi) is 4.31. The number of benzene rings is 2. The number of fused-ring (bicyclic) bond motifs is 1. The molecule has 1 unspecified atom stereocenters. The Morgan fingerprint density at radius 3 is 2.61 bits per heavy atom. The molecule has 0 saturated carbocycles. The number of aromatic nitrogens is 3. The second-order valence-corrected chi connectivity index (χ2v) is 7.56. The molecule has 1 fully saturated rings. The maximum Gasteiger partial charge on any atom is 0.252 e. The fourth-order valence-electron chi connectivity index (χ4n) is 4.21. The Labute approximate surface area is 165 Å². The average molecular weight is 372 g/mol. The number of hydrogen-bond donors (Lipinski definition) is 1. The summed E-state index contributed by atoms with van der Waals surface area (Å²) in [4.78, 5) is 9.33. The van der Waals surface area contributed by atoms with Crippen LogP contribution in [-0.4, -0.2) is 34.3 Å². The zero-order chi connectivity index (χ0) is 18.9. The summed E-state index contributed by atoms with van der Waals surface area (Å²) < 4.78 is 0. The van der Waals surface area contributed by atoms with Crippen LogP contribution < -0.4 is 15.1 Å². The number of hydrogen-bond acceptors (Lipinski definition) is 6. The molecule has 1 saturated heterocycles. The second kappa shape index (κ2) is 7.11. The van der Waals surface area contributed by atoms with Crippen LogP contribution in [0.4, 0.5) is 28.8 Å². The predicted molar refractivity (Wildman–Crippen MR) is 113 cm³/mol. The zero-order valence-electron chi connectivity index (χ0n) is 16.0. The van der Waals surface area contributed by atoms with E-state index >= 15 is 0 Å². The van der Waals surface area contributed by atoms with Crippen LogP contribution in [-0.2, 0) is 6.42 Å². The number of rotatable bonds is 4. The molecule has 142 valence electrons. The minimum atomic E-state index is 0.314. The number of nitrogens with zero attached hydrogens (tertiary/aromatic N) is 5. The van der Waals surface area contributed by atoms with Crippen molar-refractivity contribution in [3.63, 3.8) is 0 Å². The summed E-state index contributed by atoms with van der Waals surface area (Å²) in [6, 6.07) is 17.3. The van der Waals surface area contributed by atoms with Gasteiger partial charge in [0.15, 0.2) is 5.82 Å². The van der Waals surface area contributed by atoms with Gasteiger partial charge in [-0.15, -0.1) is 5.10 Å². The topological polar surface area (TPSA) is 57.2 Å². The molecular weight excluding hydrogens is 348 g/mol. The van der Waals surface area contributed by atoms with E-state index in [1.54, 1.807) is 6.20 Å². The van der Waals surface area contributed by atoms with Gasteiger partial charge in [0.2, 0.25) is 0 Å². The molecule has 6 nitrogen and oxygen atoms in total. The molecule has 1 N–H and O–H groups in total. The second-order valence-electron chi connectivity index (χ2n) is 7.56. The standard InChI is InChI=1S/C22H24N6/c1-16-14-17-6-2-3-7-20(17)28(16)22-25-21(15-23-26-22)24-18-8-10-19(11-9-18)27-12-4-5-13-27/h2-3,6-11,15-16H,4-5,12-14H2,1H3,(H,24,25,26). The van der Waals surface area contributed by atoms with Crippen LogP contribution in [0, 0.1) is 0 Å². The fraction of sp³-hybridized carbons (Fsp3) is 0.318. The summed E-state index contributed by atoms with van der Waals surface area (Å²) in [5, 5.41) is 11.9. The normalized spacial score (nSPS) is 18.4. The summed E-state index contributed by atoms with van der Waals surface area (Å²) in [6.07, 6.45) is 5.24. The van der Waals surface area contributed by atoms with Crippen molar-refractivity contribution in [2.24, 2.45) is 0 Å². The highest BCUT2D eigenvalue weighted by Gasteiger charge is 2.29. The lowest BCUT2D eigenvalue weighted by atomic mass is 10.1. The first-order valence-corrected chi connectivity index (χ1v) is 9.97. The lowest BCUT2D eigenvalue weighted by Gasteiger charge is -2.22. The Morgan fingerprint density at radius 2 is 1.79 bits per heavy atom. The van der Waals surface area contributed by atoms with Crippen molar-refractivity contribution in [1.29, 1.82) is 0 Å². The van der Waals surface area contributed by atoms with Crippen LogP contribution >= 0.6 is 0 Å². The van der Waals surface area contributed by atoms with Gasteiger partial charge in [0.05, 0.1) is 6.20 Å². The molecule has 0 aliphatic carbocycles. The van der Waals surface area contributed by atoms with Gasteiger partial charge in [-0.1, -0.05) is 18.2 Å². The van der Waals surface area contributed by atoms with Gasteiger partial charge in [-0.2, -0.15) is 10.1 Å². The Balaban J connectivity index is 1.36. The Bertz CT molecular complexity index is 965. The summed E-state index contributed by atoms with van der Waals surface area (Å²) in [5.74, 6) is 1.34. The summed E-state index contributed by atoms with van der Waals surface area (Å²) >= 11 is 0. The molecule has 2 aliphatic heterocycles. The molecule has 1 atom stereocenters. The lowest BCUT2D eigenvalue weighted by molar-refractivity contribution is 0.730. The highest BCUT2D eigenvalue weighted by Crippen LogP contribution is 2.36. The van der Waals surface area contributed by atoms with Gasteiger partial charge in [-0.3, -0.25) is 0 Å². The zero-order valence-corrected chi connectivity index (χ0v) is 16.0. The van der Waals surface area contributed by atoms with Crippen LogP contribution in [0.5, 0.6) is 0 Å². The van der Waals surface area contributed by atoms with Crippen molar-refractivity contribution in [1.82, 2.24) is 15.2 Å². The first-order valence-electron chi connectivity index (χ1n) is 9.97. The van der Waals surface area contributed by atoms with Gasteiger partial charge in [0, 0.05) is 36.2 Å². The largest absolute Gasteiger partial charge is 0.372 e. The van der Waals surface area contributed by atoms with Crippen molar-refractivity contribution < 1.29 is 0 Å². The van der Waals surface area contributed by atoms with Crippen molar-refractivity contribution in [2.45, 2.75) is 32.2 Å². The average Bonchev–Trinajstić information content (AvgIpc) is 3.36. The number of para-hydroxylation sites is 1. The van der Waals surface area contributed by atoms with Crippen molar-refractivity contribution in [3.8, 4) is 0 Å². The molecule has 0 bridgehead atoms. The minimum Gasteiger partial charge on any atom is -0.372 e. The van der Waals surface area contributed by atoms with E-state index in [0.29, 0.717) is 17.8 Å². The molecule has 0 radical (unpaired) electrons. The van der Waals surface area contributed by atoms with E-state index in [4.69, 9.17) is 4.98 Å². The molecule has 6 heteroatoms. The van der Waals surface area contributed by atoms with Crippen LogP contribution in [0.2, 0.25) is 0 Å². The SMILES string of the molecule is CC1Cc2ccccc2N1c1nncc(Nc2ccc(N3CCCC3)cc2)n1. The van der Waals surface area contributed by atoms with Crippen LogP contribution in [0.25, 0.3) is 0 Å². The Morgan fingerprint density at radius 1 is 1.00 bits per heavy atom. The molecule has 3 heterocycles. The van der Waals surface area contributed by atoms with E-state index in [0.717, 1.165) is 25.2 Å². The van der Waals surface area contributed by atoms with Crippen molar-refractivity contribution >= 4 is 28.8 Å². The summed E-state index contributed by atoms with van der Waals surface area (Å²) in [5.41, 5.74) is 4.79. The third-order valence-electron chi connectivity index (χ3n) is 5.58. The molecule has 0 amide bonds. The van der Waals surface area contributed by atoms with Crippen molar-refractivity contribution in [3.05, 3.63) is 60.3 Å². The highest BCUT2D eigenvalue weighted by atomic mass is 15.4. The molecule has 2 aliphatic rings. The van der Waals surface area contributed by atoms with Crippen LogP contribution in [0.15, 0.2) is 54.7 Å².